The highest BCUT2D eigenvalue weighted by molar-refractivity contribution is 7.92. The average molecular weight is 343 g/mol. The normalized spacial score (nSPS) is 27.8. The maximum Gasteiger partial charge on any atom is 0.244 e. The Hall–Kier alpha value is -0.620. The fourth-order valence-corrected chi connectivity index (χ4v) is 6.24. The average Bonchev–Trinajstić information content (AvgIpc) is 2.55. The fourth-order valence-electron chi connectivity index (χ4n) is 4.85. The molecule has 0 bridgehead atoms. The van der Waals surface area contributed by atoms with E-state index in [4.69, 9.17) is 0 Å². The molecule has 1 aliphatic carbocycles. The summed E-state index contributed by atoms with van der Waals surface area (Å²) in [6.07, 6.45) is 10.7. The van der Waals surface area contributed by atoms with Gasteiger partial charge in [-0.15, -0.1) is 0 Å². The van der Waals surface area contributed by atoms with Gasteiger partial charge in [0.25, 0.3) is 0 Å². The predicted molar refractivity (Wildman–Crippen MR) is 91.0 cm³/mol. The zero-order valence-corrected chi connectivity index (χ0v) is 15.1. The van der Waals surface area contributed by atoms with E-state index in [1.807, 2.05) is 4.90 Å². The van der Waals surface area contributed by atoms with Gasteiger partial charge in [0.05, 0.1) is 0 Å². The molecule has 3 rings (SSSR count). The molecule has 1 amide bonds. The number of hydrogen-bond donors (Lipinski definition) is 1. The van der Waals surface area contributed by atoms with E-state index in [0.717, 1.165) is 25.9 Å². The standard InChI is InChI=1S/C17H30N2O3S/c1-23(21,22)17(7-11-18-12-8-17)15(20)19-13-9-16(10-14-19)5-3-2-4-6-16/h18H,2-14H2,1H3. The van der Waals surface area contributed by atoms with Crippen molar-refractivity contribution in [3.8, 4) is 0 Å². The number of carbonyl (C=O) groups excluding carboxylic acids is 1. The molecule has 0 unspecified atom stereocenters. The molecule has 2 heterocycles. The summed E-state index contributed by atoms with van der Waals surface area (Å²) in [7, 11) is -3.40. The quantitative estimate of drug-likeness (QED) is 0.830. The van der Waals surface area contributed by atoms with Crippen LogP contribution in [0.2, 0.25) is 0 Å². The minimum Gasteiger partial charge on any atom is -0.341 e. The van der Waals surface area contributed by atoms with Gasteiger partial charge in [0.2, 0.25) is 5.91 Å². The predicted octanol–water partition coefficient (Wildman–Crippen LogP) is 1.73. The third kappa shape index (κ3) is 3.16. The van der Waals surface area contributed by atoms with Gasteiger partial charge in [-0.3, -0.25) is 4.79 Å². The summed E-state index contributed by atoms with van der Waals surface area (Å²) in [5.41, 5.74) is 0.432. The minimum absolute atomic E-state index is 0.132. The van der Waals surface area contributed by atoms with E-state index in [2.05, 4.69) is 5.32 Å². The summed E-state index contributed by atoms with van der Waals surface area (Å²) in [5, 5.41) is 3.18. The second kappa shape index (κ2) is 6.36. The van der Waals surface area contributed by atoms with E-state index in [0.29, 0.717) is 31.3 Å². The highest BCUT2D eigenvalue weighted by Gasteiger charge is 2.51. The van der Waals surface area contributed by atoms with Crippen LogP contribution in [0.4, 0.5) is 0 Å². The SMILES string of the molecule is CS(=O)(=O)C1(C(=O)N2CCC3(CCCCC3)CC2)CCNCC1. The summed E-state index contributed by atoms with van der Waals surface area (Å²) in [4.78, 5) is 15.0. The topological polar surface area (TPSA) is 66.5 Å². The summed E-state index contributed by atoms with van der Waals surface area (Å²) < 4.78 is 23.6. The largest absolute Gasteiger partial charge is 0.341 e. The van der Waals surface area contributed by atoms with Crippen LogP contribution < -0.4 is 5.32 Å². The monoisotopic (exact) mass is 342 g/mol. The van der Waals surface area contributed by atoms with Crippen LogP contribution in [0, 0.1) is 5.41 Å². The molecule has 2 saturated heterocycles. The third-order valence-electron chi connectivity index (χ3n) is 6.54. The van der Waals surface area contributed by atoms with Crippen molar-refractivity contribution >= 4 is 15.7 Å². The van der Waals surface area contributed by atoms with Crippen LogP contribution in [0.1, 0.15) is 57.8 Å². The number of hydrogen-bond acceptors (Lipinski definition) is 4. The molecule has 3 aliphatic rings. The summed E-state index contributed by atoms with van der Waals surface area (Å²) in [6.45, 7) is 2.69. The van der Waals surface area contributed by atoms with Gasteiger partial charge in [0.1, 0.15) is 0 Å². The first-order chi connectivity index (χ1) is 10.9. The van der Waals surface area contributed by atoms with Crippen molar-refractivity contribution in [2.45, 2.75) is 62.5 Å². The molecule has 1 saturated carbocycles. The maximum absolute atomic E-state index is 13.1. The summed E-state index contributed by atoms with van der Waals surface area (Å²) in [6, 6.07) is 0. The number of nitrogens with zero attached hydrogens (tertiary/aromatic N) is 1. The van der Waals surface area contributed by atoms with Gasteiger partial charge in [-0.05, 0) is 57.0 Å². The summed E-state index contributed by atoms with van der Waals surface area (Å²) in [5.74, 6) is -0.132. The zero-order valence-electron chi connectivity index (χ0n) is 14.3. The van der Waals surface area contributed by atoms with Gasteiger partial charge in [0, 0.05) is 19.3 Å². The molecule has 6 heteroatoms. The van der Waals surface area contributed by atoms with Crippen molar-refractivity contribution in [3.63, 3.8) is 0 Å². The molecule has 132 valence electrons. The highest BCUT2D eigenvalue weighted by Crippen LogP contribution is 2.45. The van der Waals surface area contributed by atoms with Crippen molar-refractivity contribution in [1.29, 1.82) is 0 Å². The number of amides is 1. The third-order valence-corrected chi connectivity index (χ3v) is 8.54. The molecule has 1 spiro atoms. The fraction of sp³-hybridized carbons (Fsp3) is 0.941. The van der Waals surface area contributed by atoms with E-state index in [9.17, 15) is 13.2 Å². The molecule has 5 nitrogen and oxygen atoms in total. The van der Waals surface area contributed by atoms with Crippen LogP contribution in [0.15, 0.2) is 0 Å². The van der Waals surface area contributed by atoms with E-state index in [1.165, 1.54) is 38.4 Å². The van der Waals surface area contributed by atoms with E-state index < -0.39 is 14.6 Å². The molecule has 0 aromatic carbocycles. The van der Waals surface area contributed by atoms with Crippen molar-refractivity contribution in [2.75, 3.05) is 32.4 Å². The molecule has 0 radical (unpaired) electrons. The van der Waals surface area contributed by atoms with Crippen molar-refractivity contribution in [1.82, 2.24) is 10.2 Å². The van der Waals surface area contributed by atoms with Gasteiger partial charge in [0.15, 0.2) is 14.6 Å². The molecule has 0 aromatic heterocycles. The first-order valence-corrected chi connectivity index (χ1v) is 11.0. The lowest BCUT2D eigenvalue weighted by molar-refractivity contribution is -0.137. The lowest BCUT2D eigenvalue weighted by atomic mass is 9.68. The highest BCUT2D eigenvalue weighted by atomic mass is 32.2. The molecule has 1 N–H and O–H groups in total. The van der Waals surface area contributed by atoms with Gasteiger partial charge >= 0.3 is 0 Å². The van der Waals surface area contributed by atoms with Crippen LogP contribution in [0.3, 0.4) is 0 Å². The van der Waals surface area contributed by atoms with Crippen LogP contribution in [0.25, 0.3) is 0 Å². The van der Waals surface area contributed by atoms with Crippen LogP contribution >= 0.6 is 0 Å². The number of likely N-dealkylation sites (tertiary alicyclic amines) is 1. The Morgan fingerprint density at radius 2 is 1.48 bits per heavy atom. The molecular weight excluding hydrogens is 312 g/mol. The molecule has 23 heavy (non-hydrogen) atoms. The van der Waals surface area contributed by atoms with Crippen LogP contribution in [-0.4, -0.2) is 56.4 Å². The first-order valence-electron chi connectivity index (χ1n) is 9.08. The second-order valence-electron chi connectivity index (χ2n) is 7.87. The van der Waals surface area contributed by atoms with E-state index >= 15 is 0 Å². The second-order valence-corrected chi connectivity index (χ2v) is 10.2. The minimum atomic E-state index is -3.40. The van der Waals surface area contributed by atoms with Gasteiger partial charge in [-0.25, -0.2) is 8.42 Å². The Bertz CT molecular complexity index is 536. The number of piperidine rings is 2. The van der Waals surface area contributed by atoms with Crippen LogP contribution in [0.5, 0.6) is 0 Å². The van der Waals surface area contributed by atoms with E-state index in [1.54, 1.807) is 0 Å². The number of nitrogens with one attached hydrogen (secondary N) is 1. The molecular formula is C17H30N2O3S. The number of sulfone groups is 1. The van der Waals surface area contributed by atoms with Gasteiger partial charge in [-0.1, -0.05) is 19.3 Å². The molecule has 2 aliphatic heterocycles. The Morgan fingerprint density at radius 1 is 0.913 bits per heavy atom. The van der Waals surface area contributed by atoms with Gasteiger partial charge < -0.3 is 10.2 Å². The zero-order chi connectivity index (χ0) is 16.6. The molecule has 3 fully saturated rings. The van der Waals surface area contributed by atoms with Crippen molar-refractivity contribution < 1.29 is 13.2 Å². The number of rotatable bonds is 2. The molecule has 0 atom stereocenters. The number of carbonyl (C=O) groups is 1. The van der Waals surface area contributed by atoms with Crippen molar-refractivity contribution in [3.05, 3.63) is 0 Å². The Kier molecular flexibility index (Phi) is 4.76. The lowest BCUT2D eigenvalue weighted by Crippen LogP contribution is -2.59. The van der Waals surface area contributed by atoms with Crippen LogP contribution in [-0.2, 0) is 14.6 Å². The summed E-state index contributed by atoms with van der Waals surface area (Å²) >= 11 is 0. The van der Waals surface area contributed by atoms with E-state index in [-0.39, 0.29) is 5.91 Å². The Labute approximate surface area is 140 Å². The van der Waals surface area contributed by atoms with Gasteiger partial charge in [-0.2, -0.15) is 0 Å². The Morgan fingerprint density at radius 3 is 2.00 bits per heavy atom. The Balaban J connectivity index is 1.72. The maximum atomic E-state index is 13.1. The molecule has 0 aromatic rings. The first kappa shape index (κ1) is 17.2. The lowest BCUT2D eigenvalue weighted by Gasteiger charge is -2.46. The smallest absolute Gasteiger partial charge is 0.244 e. The van der Waals surface area contributed by atoms with Crippen molar-refractivity contribution in [2.24, 2.45) is 5.41 Å².